The average Bonchev–Trinajstić information content (AvgIpc) is 3.16. The monoisotopic (exact) mass is 389 g/mol. The van der Waals surface area contributed by atoms with Gasteiger partial charge in [0.05, 0.1) is 18.6 Å². The number of aliphatic carboxylic acids is 1. The first-order chi connectivity index (χ1) is 13.5. The fourth-order valence-corrected chi connectivity index (χ4v) is 3.43. The van der Waals surface area contributed by atoms with Crippen LogP contribution in [0.5, 0.6) is 5.75 Å². The van der Waals surface area contributed by atoms with Gasteiger partial charge in [-0.05, 0) is 31.4 Å². The number of rotatable bonds is 1. The van der Waals surface area contributed by atoms with Crippen LogP contribution in [0.1, 0.15) is 36.0 Å². The fourth-order valence-electron chi connectivity index (χ4n) is 3.43. The number of amides is 3. The summed E-state index contributed by atoms with van der Waals surface area (Å²) in [6.07, 6.45) is 1.31. The van der Waals surface area contributed by atoms with E-state index in [1.54, 1.807) is 18.2 Å². The molecule has 3 rings (SSSR count). The molecule has 3 N–H and O–H groups in total. The lowest BCUT2D eigenvalue weighted by Gasteiger charge is -2.25. The molecule has 2 atom stereocenters. The van der Waals surface area contributed by atoms with Gasteiger partial charge in [0.25, 0.3) is 5.91 Å². The number of carboxylic acid groups (broad SMARTS) is 1. The van der Waals surface area contributed by atoms with Crippen LogP contribution in [0.15, 0.2) is 24.3 Å². The van der Waals surface area contributed by atoms with Crippen molar-refractivity contribution in [3.05, 3.63) is 29.8 Å². The molecular weight excluding hydrogens is 366 g/mol. The number of hydrogen-bond acceptors (Lipinski definition) is 5. The third-order valence-corrected chi connectivity index (χ3v) is 4.87. The van der Waals surface area contributed by atoms with Gasteiger partial charge in [-0.1, -0.05) is 12.1 Å². The molecular formula is C19H23N3O6. The molecule has 0 spiro atoms. The number of fused-ring (bicyclic) bond motifs is 2. The summed E-state index contributed by atoms with van der Waals surface area (Å²) in [5.41, 5.74) is 0.194. The minimum absolute atomic E-state index is 0.194. The first-order valence-electron chi connectivity index (χ1n) is 9.30. The van der Waals surface area contributed by atoms with Crippen LogP contribution in [0.4, 0.5) is 0 Å². The topological polar surface area (TPSA) is 125 Å². The molecule has 2 aliphatic heterocycles. The van der Waals surface area contributed by atoms with E-state index in [0.29, 0.717) is 38.1 Å². The maximum Gasteiger partial charge on any atom is 0.326 e. The predicted octanol–water partition coefficient (Wildman–Crippen LogP) is 0.149. The molecule has 0 unspecified atom stereocenters. The largest absolute Gasteiger partial charge is 0.493 e. The van der Waals surface area contributed by atoms with Crippen molar-refractivity contribution in [3.8, 4) is 5.75 Å². The lowest BCUT2D eigenvalue weighted by atomic mass is 10.1. The van der Waals surface area contributed by atoms with Crippen molar-refractivity contribution in [3.63, 3.8) is 0 Å². The number of hydrogen-bond donors (Lipinski definition) is 3. The zero-order valence-corrected chi connectivity index (χ0v) is 15.3. The summed E-state index contributed by atoms with van der Waals surface area (Å²) in [5, 5.41) is 14.7. The van der Waals surface area contributed by atoms with E-state index >= 15 is 0 Å². The summed E-state index contributed by atoms with van der Waals surface area (Å²) >= 11 is 0. The normalized spacial score (nSPS) is 24.0. The number of para-hydroxylation sites is 1. The molecule has 1 aromatic carbocycles. The van der Waals surface area contributed by atoms with Crippen LogP contribution in [0.2, 0.25) is 0 Å². The third-order valence-electron chi connectivity index (χ3n) is 4.87. The van der Waals surface area contributed by atoms with Gasteiger partial charge < -0.3 is 25.4 Å². The number of carbonyl (C=O) groups excluding carboxylic acids is 3. The molecule has 9 heteroatoms. The third kappa shape index (κ3) is 4.41. The molecule has 0 aliphatic carbocycles. The molecule has 0 radical (unpaired) electrons. The number of carboxylic acids is 1. The smallest absolute Gasteiger partial charge is 0.326 e. The Hall–Kier alpha value is -3.10. The molecule has 2 aliphatic rings. The molecule has 0 aromatic heterocycles. The van der Waals surface area contributed by atoms with Gasteiger partial charge in [-0.15, -0.1) is 0 Å². The lowest BCUT2D eigenvalue weighted by Crippen LogP contribution is -2.49. The molecule has 1 aromatic rings. The second kappa shape index (κ2) is 8.73. The van der Waals surface area contributed by atoms with Crippen LogP contribution in [-0.4, -0.2) is 65.5 Å². The van der Waals surface area contributed by atoms with E-state index in [2.05, 4.69) is 10.6 Å². The number of carbonyl (C=O) groups is 4. The predicted molar refractivity (Wildman–Crippen MR) is 97.8 cm³/mol. The number of nitrogens with one attached hydrogen (secondary N) is 2. The van der Waals surface area contributed by atoms with Crippen LogP contribution >= 0.6 is 0 Å². The number of nitrogens with zero attached hydrogens (tertiary/aromatic N) is 1. The van der Waals surface area contributed by atoms with Crippen molar-refractivity contribution in [2.75, 3.05) is 19.7 Å². The molecule has 1 saturated heterocycles. The Morgan fingerprint density at radius 1 is 1.18 bits per heavy atom. The van der Waals surface area contributed by atoms with Gasteiger partial charge in [-0.3, -0.25) is 14.4 Å². The van der Waals surface area contributed by atoms with Gasteiger partial charge in [-0.25, -0.2) is 4.79 Å². The van der Waals surface area contributed by atoms with Gasteiger partial charge >= 0.3 is 5.97 Å². The van der Waals surface area contributed by atoms with E-state index in [4.69, 9.17) is 4.74 Å². The maximum atomic E-state index is 12.7. The van der Waals surface area contributed by atoms with Crippen molar-refractivity contribution in [2.45, 2.75) is 37.8 Å². The van der Waals surface area contributed by atoms with E-state index < -0.39 is 36.3 Å². The SMILES string of the molecule is O=C1N[C@H](C(=O)O)CC(=O)N2CCC[C@H]2C(=O)NCCCOc2ccccc21. The van der Waals surface area contributed by atoms with Gasteiger partial charge in [-0.2, -0.15) is 0 Å². The van der Waals surface area contributed by atoms with E-state index in [9.17, 15) is 24.3 Å². The zero-order valence-electron chi connectivity index (χ0n) is 15.3. The molecule has 3 amide bonds. The summed E-state index contributed by atoms with van der Waals surface area (Å²) in [6, 6.07) is 4.48. The van der Waals surface area contributed by atoms with E-state index in [1.807, 2.05) is 0 Å². The molecule has 0 saturated carbocycles. The van der Waals surface area contributed by atoms with Crippen LogP contribution < -0.4 is 15.4 Å². The fraction of sp³-hybridized carbons (Fsp3) is 0.474. The first kappa shape index (κ1) is 19.7. The Morgan fingerprint density at radius 3 is 2.75 bits per heavy atom. The molecule has 0 bridgehead atoms. The molecule has 9 nitrogen and oxygen atoms in total. The van der Waals surface area contributed by atoms with Crippen molar-refractivity contribution < 1.29 is 29.0 Å². The molecule has 2 heterocycles. The van der Waals surface area contributed by atoms with Crippen LogP contribution in [0.25, 0.3) is 0 Å². The van der Waals surface area contributed by atoms with Gasteiger partial charge in [0.15, 0.2) is 0 Å². The Balaban J connectivity index is 1.86. The molecule has 150 valence electrons. The van der Waals surface area contributed by atoms with Crippen LogP contribution in [0.3, 0.4) is 0 Å². The number of ether oxygens (including phenoxy) is 1. The highest BCUT2D eigenvalue weighted by atomic mass is 16.5. The van der Waals surface area contributed by atoms with Crippen LogP contribution in [-0.2, 0) is 14.4 Å². The highest BCUT2D eigenvalue weighted by Gasteiger charge is 2.36. The second-order valence-corrected chi connectivity index (χ2v) is 6.80. The van der Waals surface area contributed by atoms with E-state index in [0.717, 1.165) is 0 Å². The zero-order chi connectivity index (χ0) is 20.1. The van der Waals surface area contributed by atoms with E-state index in [-0.39, 0.29) is 18.1 Å². The standard InChI is InChI=1S/C19H23N3O6/c23-16-11-13(19(26)27)21-17(24)12-5-1-2-7-15(12)28-10-4-8-20-18(25)14-6-3-9-22(14)16/h1-2,5,7,13-14H,3-4,6,8-11H2,(H,20,25)(H,21,24)(H,26,27)/t13-,14-/m0/s1. The van der Waals surface area contributed by atoms with Crippen molar-refractivity contribution >= 4 is 23.7 Å². The maximum absolute atomic E-state index is 12.7. The summed E-state index contributed by atoms with van der Waals surface area (Å²) in [6.45, 7) is 1.05. The van der Waals surface area contributed by atoms with Crippen molar-refractivity contribution in [1.82, 2.24) is 15.5 Å². The van der Waals surface area contributed by atoms with Gasteiger partial charge in [0.2, 0.25) is 11.8 Å². The highest BCUT2D eigenvalue weighted by Crippen LogP contribution is 2.21. The van der Waals surface area contributed by atoms with Crippen molar-refractivity contribution in [1.29, 1.82) is 0 Å². The minimum atomic E-state index is -1.40. The Bertz CT molecular complexity index is 781. The van der Waals surface area contributed by atoms with Gasteiger partial charge in [0.1, 0.15) is 17.8 Å². The molecule has 28 heavy (non-hydrogen) atoms. The van der Waals surface area contributed by atoms with Crippen molar-refractivity contribution in [2.24, 2.45) is 0 Å². The van der Waals surface area contributed by atoms with E-state index in [1.165, 1.54) is 11.0 Å². The Morgan fingerprint density at radius 2 is 1.96 bits per heavy atom. The summed E-state index contributed by atoms with van der Waals surface area (Å²) < 4.78 is 5.64. The quantitative estimate of drug-likeness (QED) is 0.628. The lowest BCUT2D eigenvalue weighted by molar-refractivity contribution is -0.144. The highest BCUT2D eigenvalue weighted by molar-refractivity contribution is 6.00. The number of benzene rings is 1. The second-order valence-electron chi connectivity index (χ2n) is 6.80. The van der Waals surface area contributed by atoms with Crippen LogP contribution in [0, 0.1) is 0 Å². The average molecular weight is 389 g/mol. The minimum Gasteiger partial charge on any atom is -0.493 e. The Kier molecular flexibility index (Phi) is 6.13. The van der Waals surface area contributed by atoms with Gasteiger partial charge in [0, 0.05) is 13.1 Å². The molecule has 1 fully saturated rings. The summed E-state index contributed by atoms with van der Waals surface area (Å²) in [5.74, 6) is -2.35. The Labute approximate surface area is 162 Å². The summed E-state index contributed by atoms with van der Waals surface area (Å²) in [7, 11) is 0. The first-order valence-corrected chi connectivity index (χ1v) is 9.30. The summed E-state index contributed by atoms with van der Waals surface area (Å²) in [4.78, 5) is 50.7.